The van der Waals surface area contributed by atoms with Crippen molar-refractivity contribution in [3.63, 3.8) is 0 Å². The van der Waals surface area contributed by atoms with Gasteiger partial charge in [-0.3, -0.25) is 0 Å². The topological polar surface area (TPSA) is 86.3 Å². The Labute approximate surface area is 151 Å². The number of H-pyrrole nitrogens is 1. The van der Waals surface area contributed by atoms with Crippen LogP contribution in [0.25, 0.3) is 11.3 Å². The molecule has 9 heteroatoms. The highest BCUT2D eigenvalue weighted by atomic mass is 19.1. The summed E-state index contributed by atoms with van der Waals surface area (Å²) in [5.41, 5.74) is -0.670. The Bertz CT molecular complexity index is 821. The van der Waals surface area contributed by atoms with E-state index >= 15 is 0 Å². The third-order valence-corrected chi connectivity index (χ3v) is 4.81. The van der Waals surface area contributed by atoms with Crippen LogP contribution in [-0.2, 0) is 14.0 Å². The van der Waals surface area contributed by atoms with Gasteiger partial charge < -0.3 is 14.0 Å². The van der Waals surface area contributed by atoms with E-state index in [0.717, 1.165) is 0 Å². The van der Waals surface area contributed by atoms with E-state index in [0.29, 0.717) is 5.46 Å². The molecular formula is C17H21BFN3O4. The maximum Gasteiger partial charge on any atom is 0.495 e. The second-order valence-electron chi connectivity index (χ2n) is 7.03. The molecule has 0 aliphatic carbocycles. The number of carbonyl (C=O) groups is 1. The summed E-state index contributed by atoms with van der Waals surface area (Å²) in [5.74, 6) is -1.24. The van der Waals surface area contributed by atoms with Gasteiger partial charge in [0.15, 0.2) is 5.69 Å². The normalized spacial score (nSPS) is 18.2. The van der Waals surface area contributed by atoms with Crippen LogP contribution < -0.4 is 5.46 Å². The highest BCUT2D eigenvalue weighted by Gasteiger charge is 2.52. The quantitative estimate of drug-likeness (QED) is 0.663. The van der Waals surface area contributed by atoms with Crippen molar-refractivity contribution in [1.29, 1.82) is 0 Å². The summed E-state index contributed by atoms with van der Waals surface area (Å²) in [6.45, 7) is 9.49. The maximum absolute atomic E-state index is 14.7. The zero-order valence-corrected chi connectivity index (χ0v) is 15.4. The van der Waals surface area contributed by atoms with Crippen molar-refractivity contribution in [3.8, 4) is 11.3 Å². The van der Waals surface area contributed by atoms with Crippen LogP contribution in [0.2, 0.25) is 0 Å². The molecule has 3 rings (SSSR count). The molecule has 0 saturated carbocycles. The lowest BCUT2D eigenvalue weighted by Crippen LogP contribution is -2.41. The molecule has 1 aromatic carbocycles. The minimum absolute atomic E-state index is 0.0614. The number of aromatic nitrogens is 3. The highest BCUT2D eigenvalue weighted by Crippen LogP contribution is 2.37. The molecule has 7 nitrogen and oxygen atoms in total. The molecule has 0 unspecified atom stereocenters. The Kier molecular flexibility index (Phi) is 4.62. The van der Waals surface area contributed by atoms with Crippen LogP contribution in [0.1, 0.15) is 45.1 Å². The molecule has 1 N–H and O–H groups in total. The number of esters is 1. The van der Waals surface area contributed by atoms with Gasteiger partial charge in [0, 0.05) is 5.56 Å². The molecule has 1 aromatic heterocycles. The van der Waals surface area contributed by atoms with E-state index in [9.17, 15) is 9.18 Å². The van der Waals surface area contributed by atoms with E-state index in [1.54, 1.807) is 19.1 Å². The van der Waals surface area contributed by atoms with Crippen LogP contribution >= 0.6 is 0 Å². The first-order chi connectivity index (χ1) is 12.2. The van der Waals surface area contributed by atoms with Crippen LogP contribution in [0.3, 0.4) is 0 Å². The van der Waals surface area contributed by atoms with Gasteiger partial charge in [0.25, 0.3) is 0 Å². The van der Waals surface area contributed by atoms with E-state index in [4.69, 9.17) is 14.0 Å². The number of nitrogens with zero attached hydrogens (tertiary/aromatic N) is 2. The fraction of sp³-hybridized carbons (Fsp3) is 0.471. The third kappa shape index (κ3) is 3.01. The lowest BCUT2D eigenvalue weighted by molar-refractivity contribution is 0.00578. The monoisotopic (exact) mass is 361 g/mol. The van der Waals surface area contributed by atoms with Gasteiger partial charge in [-0.05, 0) is 46.1 Å². The molecule has 26 heavy (non-hydrogen) atoms. The van der Waals surface area contributed by atoms with E-state index in [1.165, 1.54) is 6.07 Å². The van der Waals surface area contributed by atoms with Crippen LogP contribution in [-0.4, -0.2) is 46.3 Å². The minimum atomic E-state index is -0.808. The van der Waals surface area contributed by atoms with Crippen LogP contribution in [0.15, 0.2) is 18.2 Å². The zero-order chi connectivity index (χ0) is 19.1. The molecule has 138 valence electrons. The molecular weight excluding hydrogens is 340 g/mol. The fourth-order valence-corrected chi connectivity index (χ4v) is 2.70. The van der Waals surface area contributed by atoms with Crippen molar-refractivity contribution in [2.75, 3.05) is 6.61 Å². The van der Waals surface area contributed by atoms with Gasteiger partial charge in [0.2, 0.25) is 0 Å². The van der Waals surface area contributed by atoms with Gasteiger partial charge in [0.1, 0.15) is 11.5 Å². The zero-order valence-electron chi connectivity index (χ0n) is 15.4. The van der Waals surface area contributed by atoms with Crippen LogP contribution in [0.5, 0.6) is 0 Å². The summed E-state index contributed by atoms with van der Waals surface area (Å²) in [4.78, 5) is 12.1. The number of carbonyl (C=O) groups excluding carboxylic acids is 1. The number of ether oxygens (including phenoxy) is 1. The number of aromatic amines is 1. The van der Waals surface area contributed by atoms with Gasteiger partial charge >= 0.3 is 13.1 Å². The molecule has 1 aliphatic rings. The van der Waals surface area contributed by atoms with Gasteiger partial charge in [0.05, 0.1) is 17.8 Å². The molecule has 0 radical (unpaired) electrons. The molecule has 1 saturated heterocycles. The van der Waals surface area contributed by atoms with Gasteiger partial charge in [-0.1, -0.05) is 12.1 Å². The van der Waals surface area contributed by atoms with Crippen molar-refractivity contribution in [2.24, 2.45) is 0 Å². The number of hydrogen-bond donors (Lipinski definition) is 1. The third-order valence-electron chi connectivity index (χ3n) is 4.81. The average molecular weight is 361 g/mol. The number of benzene rings is 1. The van der Waals surface area contributed by atoms with E-state index < -0.39 is 30.1 Å². The summed E-state index contributed by atoms with van der Waals surface area (Å²) in [6, 6.07) is 4.53. The molecule has 2 aromatic rings. The predicted molar refractivity (Wildman–Crippen MR) is 93.4 cm³/mol. The van der Waals surface area contributed by atoms with Gasteiger partial charge in [-0.15, -0.1) is 5.10 Å². The Morgan fingerprint density at radius 3 is 2.50 bits per heavy atom. The average Bonchev–Trinajstić information content (AvgIpc) is 3.10. The standard InChI is InChI=1S/C17H21BFN3O4/c1-6-24-15(23)14-13(20-22-21-14)12-10(8-7-9-11(12)19)18-25-16(2,3)17(4,5)26-18/h7-9H,6H2,1-5H3,(H,20,21,22). The first kappa shape index (κ1) is 18.5. The van der Waals surface area contributed by atoms with Crippen molar-refractivity contribution in [2.45, 2.75) is 45.8 Å². The maximum atomic E-state index is 14.7. The summed E-state index contributed by atoms with van der Waals surface area (Å²) in [7, 11) is -0.808. The molecule has 1 aliphatic heterocycles. The van der Waals surface area contributed by atoms with E-state index in [1.807, 2.05) is 27.7 Å². The van der Waals surface area contributed by atoms with Crippen molar-refractivity contribution in [1.82, 2.24) is 15.4 Å². The number of hydrogen-bond acceptors (Lipinski definition) is 6. The summed E-state index contributed by atoms with van der Waals surface area (Å²) >= 11 is 0. The first-order valence-corrected chi connectivity index (χ1v) is 8.40. The largest absolute Gasteiger partial charge is 0.495 e. The molecule has 0 bridgehead atoms. The molecule has 2 heterocycles. The van der Waals surface area contributed by atoms with Crippen LogP contribution in [0.4, 0.5) is 4.39 Å². The molecule has 0 amide bonds. The van der Waals surface area contributed by atoms with Gasteiger partial charge in [-0.2, -0.15) is 10.3 Å². The predicted octanol–water partition coefficient (Wildman–Crippen LogP) is 2.09. The van der Waals surface area contributed by atoms with Crippen molar-refractivity contribution in [3.05, 3.63) is 29.7 Å². The molecule has 0 spiro atoms. The lowest BCUT2D eigenvalue weighted by Gasteiger charge is -2.32. The fourth-order valence-electron chi connectivity index (χ4n) is 2.70. The molecule has 0 atom stereocenters. The Morgan fingerprint density at radius 2 is 1.88 bits per heavy atom. The SMILES string of the molecule is CCOC(=O)c1n[nH]nc1-c1c(F)cccc1B1OC(C)(C)C(C)(C)O1. The summed E-state index contributed by atoms with van der Waals surface area (Å²) in [6.07, 6.45) is 0. The minimum Gasteiger partial charge on any atom is -0.461 e. The van der Waals surface area contributed by atoms with E-state index in [2.05, 4.69) is 15.4 Å². The Balaban J connectivity index is 2.09. The lowest BCUT2D eigenvalue weighted by atomic mass is 9.75. The number of rotatable bonds is 4. The summed E-state index contributed by atoms with van der Waals surface area (Å²) < 4.78 is 31.8. The Morgan fingerprint density at radius 1 is 1.23 bits per heavy atom. The number of halogens is 1. The van der Waals surface area contributed by atoms with Crippen molar-refractivity contribution >= 4 is 18.6 Å². The van der Waals surface area contributed by atoms with E-state index in [-0.39, 0.29) is 23.6 Å². The second kappa shape index (κ2) is 6.48. The highest BCUT2D eigenvalue weighted by molar-refractivity contribution is 6.63. The Hall–Kier alpha value is -2.26. The van der Waals surface area contributed by atoms with Crippen molar-refractivity contribution < 1.29 is 23.2 Å². The molecule has 1 fully saturated rings. The summed E-state index contributed by atoms with van der Waals surface area (Å²) in [5, 5.41) is 10.2. The van der Waals surface area contributed by atoms with Crippen LogP contribution in [0, 0.1) is 5.82 Å². The first-order valence-electron chi connectivity index (χ1n) is 8.40. The van der Waals surface area contributed by atoms with Gasteiger partial charge in [-0.25, -0.2) is 9.18 Å². The second-order valence-corrected chi connectivity index (χ2v) is 7.03. The number of nitrogens with one attached hydrogen (secondary N) is 1. The smallest absolute Gasteiger partial charge is 0.461 e.